The molecule has 1 aromatic rings. The van der Waals surface area contributed by atoms with Crippen molar-refractivity contribution in [2.45, 2.75) is 32.7 Å². The van der Waals surface area contributed by atoms with Gasteiger partial charge in [-0.05, 0) is 44.0 Å². The monoisotopic (exact) mass is 251 g/mol. The number of ether oxygens (including phenoxy) is 2. The molecule has 0 saturated carbocycles. The summed E-state index contributed by atoms with van der Waals surface area (Å²) >= 11 is 0. The molecule has 0 heterocycles. The first-order valence-electron chi connectivity index (χ1n) is 6.76. The minimum absolute atomic E-state index is 0.338. The molecule has 0 radical (unpaired) electrons. The van der Waals surface area contributed by atoms with Crippen LogP contribution >= 0.6 is 0 Å². The summed E-state index contributed by atoms with van der Waals surface area (Å²) in [5.41, 5.74) is 1.27. The highest BCUT2D eigenvalue weighted by atomic mass is 16.5. The first-order chi connectivity index (χ1) is 8.81. The van der Waals surface area contributed by atoms with Crippen LogP contribution in [0.15, 0.2) is 24.3 Å². The summed E-state index contributed by atoms with van der Waals surface area (Å²) in [5, 5.41) is 3.55. The number of hydrogen-bond donors (Lipinski definition) is 1. The average molecular weight is 251 g/mol. The second-order valence-corrected chi connectivity index (χ2v) is 4.29. The van der Waals surface area contributed by atoms with Crippen LogP contribution in [0, 0.1) is 0 Å². The first kappa shape index (κ1) is 15.0. The van der Waals surface area contributed by atoms with E-state index in [1.54, 1.807) is 7.11 Å². The molecular weight excluding hydrogens is 226 g/mol. The van der Waals surface area contributed by atoms with Gasteiger partial charge in [0.15, 0.2) is 0 Å². The lowest BCUT2D eigenvalue weighted by Gasteiger charge is -2.19. The zero-order chi connectivity index (χ0) is 13.2. The molecule has 1 rings (SSSR count). The largest absolute Gasteiger partial charge is 0.494 e. The zero-order valence-corrected chi connectivity index (χ0v) is 11.7. The van der Waals surface area contributed by atoms with Crippen molar-refractivity contribution in [3.63, 3.8) is 0 Å². The molecule has 1 aromatic carbocycles. The van der Waals surface area contributed by atoms with Crippen molar-refractivity contribution in [2.75, 3.05) is 26.9 Å². The Labute approximate surface area is 110 Å². The smallest absolute Gasteiger partial charge is 0.119 e. The van der Waals surface area contributed by atoms with E-state index in [1.807, 2.05) is 19.1 Å². The minimum Gasteiger partial charge on any atom is -0.494 e. The lowest BCUT2D eigenvalue weighted by Crippen LogP contribution is -2.23. The van der Waals surface area contributed by atoms with Gasteiger partial charge in [0.1, 0.15) is 5.75 Å². The summed E-state index contributed by atoms with van der Waals surface area (Å²) in [5.74, 6) is 0.940. The van der Waals surface area contributed by atoms with Crippen LogP contribution in [0.1, 0.15) is 38.3 Å². The summed E-state index contributed by atoms with van der Waals surface area (Å²) in [7, 11) is 1.74. The van der Waals surface area contributed by atoms with Gasteiger partial charge in [-0.25, -0.2) is 0 Å². The van der Waals surface area contributed by atoms with Gasteiger partial charge in [0.25, 0.3) is 0 Å². The molecule has 0 amide bonds. The number of nitrogens with one attached hydrogen (secondary N) is 1. The van der Waals surface area contributed by atoms with E-state index in [9.17, 15) is 0 Å². The Kier molecular flexibility index (Phi) is 7.46. The van der Waals surface area contributed by atoms with Gasteiger partial charge in [0, 0.05) is 19.8 Å². The fourth-order valence-corrected chi connectivity index (χ4v) is 1.93. The topological polar surface area (TPSA) is 30.5 Å². The Bertz CT molecular complexity index is 320. The van der Waals surface area contributed by atoms with Crippen LogP contribution in [-0.4, -0.2) is 26.9 Å². The Morgan fingerprint density at radius 1 is 1.28 bits per heavy atom. The van der Waals surface area contributed by atoms with E-state index >= 15 is 0 Å². The van der Waals surface area contributed by atoms with E-state index in [2.05, 4.69) is 24.4 Å². The Hall–Kier alpha value is -1.06. The SMILES string of the molecule is CCCNC(CCOC)c1cccc(OCC)c1. The maximum Gasteiger partial charge on any atom is 0.119 e. The minimum atomic E-state index is 0.338. The van der Waals surface area contributed by atoms with E-state index < -0.39 is 0 Å². The molecule has 1 unspecified atom stereocenters. The standard InChI is InChI=1S/C15H25NO2/c1-4-10-16-15(9-11-17-3)13-7-6-8-14(12-13)18-5-2/h6-8,12,15-16H,4-5,9-11H2,1-3H3. The Balaban J connectivity index is 2.72. The van der Waals surface area contributed by atoms with Gasteiger partial charge in [0.05, 0.1) is 6.61 Å². The lowest BCUT2D eigenvalue weighted by atomic mass is 10.0. The summed E-state index contributed by atoms with van der Waals surface area (Å²) in [4.78, 5) is 0. The third kappa shape index (κ3) is 5.07. The summed E-state index contributed by atoms with van der Waals surface area (Å²) in [6.07, 6.45) is 2.11. The molecule has 102 valence electrons. The summed E-state index contributed by atoms with van der Waals surface area (Å²) in [6, 6.07) is 8.65. The number of methoxy groups -OCH3 is 1. The van der Waals surface area contributed by atoms with Crippen LogP contribution in [-0.2, 0) is 4.74 Å². The van der Waals surface area contributed by atoms with Crippen LogP contribution in [0.4, 0.5) is 0 Å². The fourth-order valence-electron chi connectivity index (χ4n) is 1.93. The molecule has 0 bridgehead atoms. The van der Waals surface area contributed by atoms with E-state index in [4.69, 9.17) is 9.47 Å². The quantitative estimate of drug-likeness (QED) is 0.731. The third-order valence-electron chi connectivity index (χ3n) is 2.82. The molecule has 3 nitrogen and oxygen atoms in total. The van der Waals surface area contributed by atoms with Crippen LogP contribution in [0.25, 0.3) is 0 Å². The molecule has 18 heavy (non-hydrogen) atoms. The van der Waals surface area contributed by atoms with Crippen molar-refractivity contribution in [1.82, 2.24) is 5.32 Å². The van der Waals surface area contributed by atoms with Crippen molar-refractivity contribution in [1.29, 1.82) is 0 Å². The van der Waals surface area contributed by atoms with Gasteiger partial charge < -0.3 is 14.8 Å². The first-order valence-corrected chi connectivity index (χ1v) is 6.76. The molecule has 0 aromatic heterocycles. The fraction of sp³-hybridized carbons (Fsp3) is 0.600. The van der Waals surface area contributed by atoms with Crippen molar-refractivity contribution < 1.29 is 9.47 Å². The highest BCUT2D eigenvalue weighted by Gasteiger charge is 2.11. The van der Waals surface area contributed by atoms with Crippen molar-refractivity contribution in [3.05, 3.63) is 29.8 Å². The molecule has 3 heteroatoms. The molecule has 0 spiro atoms. The Morgan fingerprint density at radius 2 is 2.11 bits per heavy atom. The van der Waals surface area contributed by atoms with Gasteiger partial charge in [-0.3, -0.25) is 0 Å². The van der Waals surface area contributed by atoms with E-state index in [-0.39, 0.29) is 0 Å². The number of hydrogen-bond acceptors (Lipinski definition) is 3. The lowest BCUT2D eigenvalue weighted by molar-refractivity contribution is 0.183. The molecular formula is C15H25NO2. The second kappa shape index (κ2) is 8.95. The van der Waals surface area contributed by atoms with Crippen molar-refractivity contribution >= 4 is 0 Å². The van der Waals surface area contributed by atoms with Gasteiger partial charge in [-0.2, -0.15) is 0 Å². The molecule has 0 fully saturated rings. The second-order valence-electron chi connectivity index (χ2n) is 4.29. The van der Waals surface area contributed by atoms with E-state index in [0.717, 1.165) is 31.7 Å². The highest BCUT2D eigenvalue weighted by Crippen LogP contribution is 2.22. The predicted molar refractivity (Wildman–Crippen MR) is 75.1 cm³/mol. The maximum atomic E-state index is 5.55. The van der Waals surface area contributed by atoms with E-state index in [1.165, 1.54) is 5.56 Å². The van der Waals surface area contributed by atoms with E-state index in [0.29, 0.717) is 12.6 Å². The van der Waals surface area contributed by atoms with Gasteiger partial charge in [-0.15, -0.1) is 0 Å². The summed E-state index contributed by atoms with van der Waals surface area (Å²) < 4.78 is 10.7. The number of benzene rings is 1. The zero-order valence-electron chi connectivity index (χ0n) is 11.7. The number of rotatable bonds is 9. The third-order valence-corrected chi connectivity index (χ3v) is 2.82. The van der Waals surface area contributed by atoms with Crippen LogP contribution in [0.5, 0.6) is 5.75 Å². The van der Waals surface area contributed by atoms with Crippen molar-refractivity contribution in [2.24, 2.45) is 0 Å². The van der Waals surface area contributed by atoms with Gasteiger partial charge >= 0.3 is 0 Å². The predicted octanol–water partition coefficient (Wildman–Crippen LogP) is 3.16. The molecule has 0 aliphatic carbocycles. The summed E-state index contributed by atoms with van der Waals surface area (Å²) in [6.45, 7) is 6.67. The van der Waals surface area contributed by atoms with Crippen LogP contribution < -0.4 is 10.1 Å². The maximum absolute atomic E-state index is 5.55. The molecule has 0 saturated heterocycles. The van der Waals surface area contributed by atoms with Crippen LogP contribution in [0.2, 0.25) is 0 Å². The van der Waals surface area contributed by atoms with Gasteiger partial charge in [0.2, 0.25) is 0 Å². The molecule has 0 aliphatic heterocycles. The average Bonchev–Trinajstić information content (AvgIpc) is 2.40. The Morgan fingerprint density at radius 3 is 2.78 bits per heavy atom. The molecule has 1 N–H and O–H groups in total. The van der Waals surface area contributed by atoms with Crippen molar-refractivity contribution in [3.8, 4) is 5.75 Å². The molecule has 0 aliphatic rings. The normalized spacial score (nSPS) is 12.4. The molecule has 1 atom stereocenters. The van der Waals surface area contributed by atoms with Gasteiger partial charge in [-0.1, -0.05) is 19.1 Å². The van der Waals surface area contributed by atoms with Crippen LogP contribution in [0.3, 0.4) is 0 Å². The highest BCUT2D eigenvalue weighted by molar-refractivity contribution is 5.30.